The lowest BCUT2D eigenvalue weighted by molar-refractivity contribution is 0.248. The molecule has 1 aliphatic carbocycles. The molecule has 0 atom stereocenters. The lowest BCUT2D eigenvalue weighted by Gasteiger charge is -2.36. The van der Waals surface area contributed by atoms with Gasteiger partial charge >= 0.3 is 0 Å². The Labute approximate surface area is 121 Å². The molecule has 1 aromatic carbocycles. The number of nitrogens with two attached hydrogens (primary N) is 1. The maximum Gasteiger partial charge on any atom is 0.139 e. The summed E-state index contributed by atoms with van der Waals surface area (Å²) < 4.78 is 14.1. The van der Waals surface area contributed by atoms with Gasteiger partial charge < -0.3 is 10.6 Å². The molecule has 1 saturated carbocycles. The zero-order valence-corrected chi connectivity index (χ0v) is 12.5. The van der Waals surface area contributed by atoms with Gasteiger partial charge in [0.25, 0.3) is 0 Å². The molecule has 1 heterocycles. The number of hydrogen-bond donors (Lipinski definition) is 1. The van der Waals surface area contributed by atoms with Crippen LogP contribution >= 0.6 is 15.9 Å². The SMILES string of the molecule is Nc1cc(Br)c(F)cc1N1CCN(CC2CC2)CC1. The molecule has 104 valence electrons. The molecule has 3 rings (SSSR count). The van der Waals surface area contributed by atoms with Crippen molar-refractivity contribution in [3.63, 3.8) is 0 Å². The van der Waals surface area contributed by atoms with E-state index in [1.165, 1.54) is 25.5 Å². The highest BCUT2D eigenvalue weighted by molar-refractivity contribution is 9.10. The molecular formula is C14H19BrFN3. The number of benzene rings is 1. The summed E-state index contributed by atoms with van der Waals surface area (Å²) >= 11 is 3.17. The molecule has 1 aromatic rings. The van der Waals surface area contributed by atoms with Gasteiger partial charge in [-0.15, -0.1) is 0 Å². The first-order valence-corrected chi connectivity index (χ1v) is 7.64. The van der Waals surface area contributed by atoms with Gasteiger partial charge in [0.15, 0.2) is 0 Å². The fourth-order valence-corrected chi connectivity index (χ4v) is 3.02. The molecule has 3 nitrogen and oxygen atoms in total. The molecule has 0 radical (unpaired) electrons. The van der Waals surface area contributed by atoms with Gasteiger partial charge in [0.1, 0.15) is 5.82 Å². The molecule has 1 aliphatic heterocycles. The van der Waals surface area contributed by atoms with Crippen molar-refractivity contribution in [3.05, 3.63) is 22.4 Å². The lowest BCUT2D eigenvalue weighted by atomic mass is 10.2. The van der Waals surface area contributed by atoms with E-state index in [2.05, 4.69) is 25.7 Å². The van der Waals surface area contributed by atoms with Crippen LogP contribution in [0.4, 0.5) is 15.8 Å². The third kappa shape index (κ3) is 3.03. The average molecular weight is 328 g/mol. The fourth-order valence-electron chi connectivity index (χ4n) is 2.66. The van der Waals surface area contributed by atoms with Gasteiger partial charge in [-0.05, 0) is 40.8 Å². The predicted octanol–water partition coefficient (Wildman–Crippen LogP) is 2.70. The van der Waals surface area contributed by atoms with Crippen LogP contribution < -0.4 is 10.6 Å². The minimum Gasteiger partial charge on any atom is -0.397 e. The molecule has 0 bridgehead atoms. The van der Waals surface area contributed by atoms with Crippen LogP contribution in [0.1, 0.15) is 12.8 Å². The summed E-state index contributed by atoms with van der Waals surface area (Å²) in [6.07, 6.45) is 2.79. The van der Waals surface area contributed by atoms with Crippen molar-refractivity contribution in [1.82, 2.24) is 4.90 Å². The van der Waals surface area contributed by atoms with Gasteiger partial charge in [0.2, 0.25) is 0 Å². The number of rotatable bonds is 3. The largest absolute Gasteiger partial charge is 0.397 e. The van der Waals surface area contributed by atoms with E-state index < -0.39 is 0 Å². The zero-order chi connectivity index (χ0) is 13.4. The summed E-state index contributed by atoms with van der Waals surface area (Å²) in [6.45, 7) is 5.19. The lowest BCUT2D eigenvalue weighted by Crippen LogP contribution is -2.47. The topological polar surface area (TPSA) is 32.5 Å². The predicted molar refractivity (Wildman–Crippen MR) is 79.9 cm³/mol. The summed E-state index contributed by atoms with van der Waals surface area (Å²) in [5.41, 5.74) is 7.46. The highest BCUT2D eigenvalue weighted by Gasteiger charge is 2.27. The van der Waals surface area contributed by atoms with Crippen LogP contribution in [0.25, 0.3) is 0 Å². The highest BCUT2D eigenvalue weighted by atomic mass is 79.9. The van der Waals surface area contributed by atoms with E-state index in [1.54, 1.807) is 6.07 Å². The number of halogens is 2. The van der Waals surface area contributed by atoms with E-state index >= 15 is 0 Å². The van der Waals surface area contributed by atoms with Gasteiger partial charge in [0.05, 0.1) is 15.8 Å². The number of anilines is 2. The highest BCUT2D eigenvalue weighted by Crippen LogP contribution is 2.32. The molecule has 0 spiro atoms. The summed E-state index contributed by atoms with van der Waals surface area (Å²) in [5.74, 6) is 0.686. The second kappa shape index (κ2) is 5.29. The molecule has 5 heteroatoms. The van der Waals surface area contributed by atoms with Crippen molar-refractivity contribution >= 4 is 27.3 Å². The Morgan fingerprint density at radius 3 is 2.53 bits per heavy atom. The molecule has 0 unspecified atom stereocenters. The van der Waals surface area contributed by atoms with Crippen molar-refractivity contribution in [2.75, 3.05) is 43.4 Å². The number of nitrogens with zero attached hydrogens (tertiary/aromatic N) is 2. The molecule has 19 heavy (non-hydrogen) atoms. The Kier molecular flexibility index (Phi) is 3.67. The van der Waals surface area contributed by atoms with Gasteiger partial charge in [0, 0.05) is 38.8 Å². The smallest absolute Gasteiger partial charge is 0.139 e. The van der Waals surface area contributed by atoms with Crippen LogP contribution in [0.5, 0.6) is 0 Å². The van der Waals surface area contributed by atoms with Gasteiger partial charge in [-0.3, -0.25) is 4.90 Å². The van der Waals surface area contributed by atoms with Crippen LogP contribution in [0.2, 0.25) is 0 Å². The van der Waals surface area contributed by atoms with Crippen LogP contribution in [0, 0.1) is 11.7 Å². The van der Waals surface area contributed by atoms with Crippen molar-refractivity contribution in [3.8, 4) is 0 Å². The van der Waals surface area contributed by atoms with Crippen molar-refractivity contribution in [2.24, 2.45) is 5.92 Å². The van der Waals surface area contributed by atoms with Crippen LogP contribution in [-0.2, 0) is 0 Å². The van der Waals surface area contributed by atoms with E-state index in [1.807, 2.05) is 0 Å². The summed E-state index contributed by atoms with van der Waals surface area (Å²) in [4.78, 5) is 4.70. The normalized spacial score (nSPS) is 20.8. The van der Waals surface area contributed by atoms with E-state index in [0.29, 0.717) is 10.2 Å². The maximum atomic E-state index is 13.6. The Hall–Kier alpha value is -0.810. The number of hydrogen-bond acceptors (Lipinski definition) is 3. The third-order valence-electron chi connectivity index (χ3n) is 4.00. The third-order valence-corrected chi connectivity index (χ3v) is 4.60. The standard InChI is InChI=1S/C14H19BrFN3/c15-11-7-13(17)14(8-12(11)16)19-5-3-18(4-6-19)9-10-1-2-10/h7-8,10H,1-6,9,17H2. The molecule has 0 aromatic heterocycles. The van der Waals surface area contributed by atoms with E-state index in [4.69, 9.17) is 5.73 Å². The van der Waals surface area contributed by atoms with Gasteiger partial charge in [-0.25, -0.2) is 4.39 Å². The summed E-state index contributed by atoms with van der Waals surface area (Å²) in [7, 11) is 0. The Bertz CT molecular complexity index is 468. The first kappa shape index (κ1) is 13.2. The Morgan fingerprint density at radius 2 is 1.89 bits per heavy atom. The fraction of sp³-hybridized carbons (Fsp3) is 0.571. The molecular weight excluding hydrogens is 309 g/mol. The Balaban J connectivity index is 1.65. The first-order chi connectivity index (χ1) is 9.13. The Morgan fingerprint density at radius 1 is 1.21 bits per heavy atom. The van der Waals surface area contributed by atoms with Crippen LogP contribution in [-0.4, -0.2) is 37.6 Å². The van der Waals surface area contributed by atoms with E-state index in [0.717, 1.165) is 37.8 Å². The molecule has 2 fully saturated rings. The first-order valence-electron chi connectivity index (χ1n) is 6.85. The monoisotopic (exact) mass is 327 g/mol. The maximum absolute atomic E-state index is 13.6. The van der Waals surface area contributed by atoms with Gasteiger partial charge in [-0.1, -0.05) is 0 Å². The van der Waals surface area contributed by atoms with Crippen molar-refractivity contribution < 1.29 is 4.39 Å². The summed E-state index contributed by atoms with van der Waals surface area (Å²) in [5, 5.41) is 0. The number of piperazine rings is 1. The number of nitrogen functional groups attached to an aromatic ring is 1. The van der Waals surface area contributed by atoms with E-state index in [-0.39, 0.29) is 5.82 Å². The molecule has 2 N–H and O–H groups in total. The van der Waals surface area contributed by atoms with Crippen molar-refractivity contribution in [1.29, 1.82) is 0 Å². The second-order valence-electron chi connectivity index (χ2n) is 5.56. The minimum atomic E-state index is -0.246. The second-order valence-corrected chi connectivity index (χ2v) is 6.41. The van der Waals surface area contributed by atoms with Crippen LogP contribution in [0.3, 0.4) is 0 Å². The van der Waals surface area contributed by atoms with Crippen LogP contribution in [0.15, 0.2) is 16.6 Å². The van der Waals surface area contributed by atoms with Gasteiger partial charge in [-0.2, -0.15) is 0 Å². The summed E-state index contributed by atoms with van der Waals surface area (Å²) in [6, 6.07) is 3.19. The quantitative estimate of drug-likeness (QED) is 0.866. The van der Waals surface area contributed by atoms with Crippen molar-refractivity contribution in [2.45, 2.75) is 12.8 Å². The minimum absolute atomic E-state index is 0.246. The average Bonchev–Trinajstić information content (AvgIpc) is 3.19. The molecule has 1 saturated heterocycles. The van der Waals surface area contributed by atoms with E-state index in [9.17, 15) is 4.39 Å². The molecule has 2 aliphatic rings. The molecule has 0 amide bonds. The zero-order valence-electron chi connectivity index (χ0n) is 10.9.